The number of fused-ring (bicyclic) bond motifs is 1. The molecule has 0 unspecified atom stereocenters. The van der Waals surface area contributed by atoms with Crippen molar-refractivity contribution < 1.29 is 19.4 Å². The van der Waals surface area contributed by atoms with Crippen LogP contribution in [0.25, 0.3) is 0 Å². The third kappa shape index (κ3) is 3.32. The fourth-order valence-corrected chi connectivity index (χ4v) is 3.71. The van der Waals surface area contributed by atoms with Crippen LogP contribution in [0.3, 0.4) is 0 Å². The van der Waals surface area contributed by atoms with E-state index in [0.29, 0.717) is 18.4 Å². The van der Waals surface area contributed by atoms with Gasteiger partial charge in [-0.15, -0.1) is 0 Å². The van der Waals surface area contributed by atoms with Gasteiger partial charge < -0.3 is 14.6 Å². The molecule has 2 rings (SSSR count). The highest BCUT2D eigenvalue weighted by atomic mass is 16.6. The molecular weight excluding hydrogens is 280 g/mol. The predicted octanol–water partition coefficient (Wildman–Crippen LogP) is 2.95. The maximum atomic E-state index is 11.7. The van der Waals surface area contributed by atoms with Crippen LogP contribution < -0.4 is 0 Å². The van der Waals surface area contributed by atoms with Gasteiger partial charge in [0.15, 0.2) is 0 Å². The molecule has 2 aliphatic rings. The lowest BCUT2D eigenvalue weighted by Crippen LogP contribution is -2.32. The molecule has 0 bridgehead atoms. The maximum Gasteiger partial charge on any atom is 0.334 e. The number of esters is 1. The van der Waals surface area contributed by atoms with Crippen LogP contribution in [0.5, 0.6) is 0 Å². The van der Waals surface area contributed by atoms with Gasteiger partial charge in [0.25, 0.3) is 0 Å². The fourth-order valence-electron chi connectivity index (χ4n) is 3.71. The van der Waals surface area contributed by atoms with Gasteiger partial charge in [-0.3, -0.25) is 0 Å². The number of unbranched alkanes of at least 4 members (excludes halogenated alkanes) is 1. The Kier molecular flexibility index (Phi) is 5.22. The molecule has 1 aliphatic carbocycles. The van der Waals surface area contributed by atoms with Gasteiger partial charge in [0.1, 0.15) is 11.9 Å². The number of aliphatic hydroxyl groups excluding tert-OH is 1. The first-order chi connectivity index (χ1) is 10.3. The van der Waals surface area contributed by atoms with E-state index in [1.54, 1.807) is 6.92 Å². The Balaban J connectivity index is 2.10. The molecule has 0 spiro atoms. The summed E-state index contributed by atoms with van der Waals surface area (Å²) in [6, 6.07) is 0. The van der Waals surface area contributed by atoms with Gasteiger partial charge in [0, 0.05) is 24.3 Å². The number of hydrogen-bond acceptors (Lipinski definition) is 4. The number of rotatable bonds is 5. The zero-order valence-corrected chi connectivity index (χ0v) is 13.7. The lowest BCUT2D eigenvalue weighted by Gasteiger charge is -2.26. The molecule has 1 fully saturated rings. The predicted molar refractivity (Wildman–Crippen MR) is 84.1 cm³/mol. The van der Waals surface area contributed by atoms with Crippen LogP contribution in [0.1, 0.15) is 52.9 Å². The van der Waals surface area contributed by atoms with E-state index in [0.717, 1.165) is 19.3 Å². The van der Waals surface area contributed by atoms with E-state index in [9.17, 15) is 14.7 Å². The molecule has 4 nitrogen and oxygen atoms in total. The molecule has 0 aromatic carbocycles. The molecule has 4 atom stereocenters. The van der Waals surface area contributed by atoms with E-state index in [1.807, 2.05) is 6.92 Å². The van der Waals surface area contributed by atoms with Crippen molar-refractivity contribution in [1.29, 1.82) is 0 Å². The second-order valence-corrected chi connectivity index (χ2v) is 6.69. The van der Waals surface area contributed by atoms with Crippen molar-refractivity contribution in [2.24, 2.45) is 11.8 Å². The molecule has 1 N–H and O–H groups in total. The fraction of sp³-hybridized carbons (Fsp3) is 0.667. The van der Waals surface area contributed by atoms with Crippen molar-refractivity contribution >= 4 is 11.8 Å². The number of carbonyl (C=O) groups excluding carboxylic acids is 2. The third-order valence-electron chi connectivity index (χ3n) is 5.03. The van der Waals surface area contributed by atoms with E-state index in [-0.39, 0.29) is 29.7 Å². The van der Waals surface area contributed by atoms with E-state index in [2.05, 4.69) is 13.5 Å². The zero-order valence-electron chi connectivity index (χ0n) is 13.7. The van der Waals surface area contributed by atoms with E-state index < -0.39 is 6.10 Å². The van der Waals surface area contributed by atoms with E-state index >= 15 is 0 Å². The van der Waals surface area contributed by atoms with Gasteiger partial charge in [-0.05, 0) is 33.1 Å². The Labute approximate surface area is 132 Å². The topological polar surface area (TPSA) is 63.6 Å². The highest BCUT2D eigenvalue weighted by Crippen LogP contribution is 2.42. The highest BCUT2D eigenvalue weighted by molar-refractivity contribution is 5.91. The van der Waals surface area contributed by atoms with Crippen molar-refractivity contribution in [3.63, 3.8) is 0 Å². The molecule has 1 saturated heterocycles. The summed E-state index contributed by atoms with van der Waals surface area (Å²) in [6.45, 7) is 9.48. The molecule has 0 radical (unpaired) electrons. The summed E-state index contributed by atoms with van der Waals surface area (Å²) >= 11 is 0. The van der Waals surface area contributed by atoms with Crippen LogP contribution in [-0.4, -0.2) is 29.1 Å². The van der Waals surface area contributed by atoms with Crippen LogP contribution in [0, 0.1) is 11.8 Å². The number of Topliss-reactive ketones (excluding diaryl/α,β-unsaturated/α-hetero) is 1. The van der Waals surface area contributed by atoms with Gasteiger partial charge in [0.05, 0.1) is 12.0 Å². The molecular formula is C18H26O4. The average molecular weight is 306 g/mol. The molecule has 122 valence electrons. The van der Waals surface area contributed by atoms with Crippen molar-refractivity contribution in [3.05, 3.63) is 23.3 Å². The largest absolute Gasteiger partial charge is 0.458 e. The number of aliphatic hydroxyl groups is 1. The Bertz CT molecular complexity index is 517. The van der Waals surface area contributed by atoms with Crippen molar-refractivity contribution in [2.45, 2.75) is 65.1 Å². The van der Waals surface area contributed by atoms with Crippen LogP contribution in [0.2, 0.25) is 0 Å². The summed E-state index contributed by atoms with van der Waals surface area (Å²) in [5, 5.41) is 10.7. The van der Waals surface area contributed by atoms with Crippen LogP contribution in [0.15, 0.2) is 23.3 Å². The van der Waals surface area contributed by atoms with Crippen LogP contribution in [0.4, 0.5) is 0 Å². The smallest absolute Gasteiger partial charge is 0.334 e. The lowest BCUT2D eigenvalue weighted by atomic mass is 9.82. The van der Waals surface area contributed by atoms with E-state index in [4.69, 9.17) is 4.74 Å². The molecule has 0 amide bonds. The monoisotopic (exact) mass is 306 g/mol. The molecule has 0 aromatic rings. The second-order valence-electron chi connectivity index (χ2n) is 6.69. The molecule has 0 saturated carbocycles. The van der Waals surface area contributed by atoms with Gasteiger partial charge in [-0.25, -0.2) is 4.79 Å². The van der Waals surface area contributed by atoms with Gasteiger partial charge >= 0.3 is 5.97 Å². The summed E-state index contributed by atoms with van der Waals surface area (Å²) in [5.74, 6) is -0.470. The van der Waals surface area contributed by atoms with Crippen LogP contribution >= 0.6 is 0 Å². The summed E-state index contributed by atoms with van der Waals surface area (Å²) < 4.78 is 5.37. The maximum absolute atomic E-state index is 11.7. The first-order valence-corrected chi connectivity index (χ1v) is 8.08. The van der Waals surface area contributed by atoms with Gasteiger partial charge in [-0.2, -0.15) is 0 Å². The quantitative estimate of drug-likeness (QED) is 0.367. The number of ketones is 1. The first kappa shape index (κ1) is 16.9. The minimum absolute atomic E-state index is 0.0152. The zero-order chi connectivity index (χ0) is 16.4. The summed E-state index contributed by atoms with van der Waals surface area (Å²) in [6.07, 6.45) is 3.07. The summed E-state index contributed by atoms with van der Waals surface area (Å²) in [4.78, 5) is 22.7. The highest BCUT2D eigenvalue weighted by Gasteiger charge is 2.46. The minimum Gasteiger partial charge on any atom is -0.458 e. The normalized spacial score (nSPS) is 31.8. The Hall–Kier alpha value is -1.42. The second kappa shape index (κ2) is 6.78. The minimum atomic E-state index is -0.635. The van der Waals surface area contributed by atoms with Crippen molar-refractivity contribution in [1.82, 2.24) is 0 Å². The Morgan fingerprint density at radius 2 is 2.09 bits per heavy atom. The summed E-state index contributed by atoms with van der Waals surface area (Å²) in [7, 11) is 0. The molecule has 0 aromatic heterocycles. The SMILES string of the molecule is C=C1C(=O)O[C@@H]2CC(C)=C(CCCCC(C)=O)[C@@H](C)[C@@H](O)[C@H]12. The molecule has 1 heterocycles. The molecule has 1 aliphatic heterocycles. The Morgan fingerprint density at radius 3 is 2.73 bits per heavy atom. The lowest BCUT2D eigenvalue weighted by molar-refractivity contribution is -0.139. The Morgan fingerprint density at radius 1 is 1.41 bits per heavy atom. The van der Waals surface area contributed by atoms with Gasteiger partial charge in [-0.1, -0.05) is 24.6 Å². The van der Waals surface area contributed by atoms with Crippen molar-refractivity contribution in [3.8, 4) is 0 Å². The average Bonchev–Trinajstić information content (AvgIpc) is 2.67. The third-order valence-corrected chi connectivity index (χ3v) is 5.03. The number of hydrogen-bond donors (Lipinski definition) is 1. The number of carbonyl (C=O) groups is 2. The standard InChI is InChI=1S/C18H26O4/c1-10-9-15-16(13(4)18(21)22-15)17(20)12(3)14(10)8-6-5-7-11(2)19/h12,15-17,20H,4-9H2,1-3H3/t12-,15-,16-,17-/m1/s1. The molecule has 22 heavy (non-hydrogen) atoms. The van der Waals surface area contributed by atoms with Gasteiger partial charge in [0.2, 0.25) is 0 Å². The molecule has 4 heteroatoms. The summed E-state index contributed by atoms with van der Waals surface area (Å²) in [5.41, 5.74) is 2.84. The van der Waals surface area contributed by atoms with Crippen molar-refractivity contribution in [2.75, 3.05) is 0 Å². The van der Waals surface area contributed by atoms with E-state index in [1.165, 1.54) is 11.1 Å². The first-order valence-electron chi connectivity index (χ1n) is 8.08. The van der Waals surface area contributed by atoms with Crippen LogP contribution in [-0.2, 0) is 14.3 Å². The number of ether oxygens (including phenoxy) is 1.